The number of ether oxygens (including phenoxy) is 1. The fourth-order valence-electron chi connectivity index (χ4n) is 2.47. The zero-order valence-corrected chi connectivity index (χ0v) is 13.8. The van der Waals surface area contributed by atoms with Crippen LogP contribution in [0.4, 0.5) is 5.69 Å². The normalized spacial score (nSPS) is 10.8. The van der Waals surface area contributed by atoms with Crippen molar-refractivity contribution in [3.05, 3.63) is 59.7 Å². The van der Waals surface area contributed by atoms with Gasteiger partial charge in [-0.2, -0.15) is 0 Å². The van der Waals surface area contributed by atoms with Gasteiger partial charge in [0.05, 0.1) is 6.10 Å². The van der Waals surface area contributed by atoms with E-state index in [9.17, 15) is 0 Å². The summed E-state index contributed by atoms with van der Waals surface area (Å²) in [6.07, 6.45) is 0.150. The van der Waals surface area contributed by atoms with Gasteiger partial charge in [-0.1, -0.05) is 30.3 Å². The van der Waals surface area contributed by atoms with Crippen LogP contribution in [0.1, 0.15) is 31.9 Å². The molecule has 118 valence electrons. The van der Waals surface area contributed by atoms with Crippen molar-refractivity contribution in [1.82, 2.24) is 0 Å². The predicted molar refractivity (Wildman–Crippen MR) is 93.3 cm³/mol. The molecule has 3 nitrogen and oxygen atoms in total. The standard InChI is InChI=1S/C19H26N2O/c1-4-21(18-8-6-5-7-9-18)14-16-10-11-17(13-20)19(12-16)22-15(2)3/h5-12,15H,4,13-14,20H2,1-3H3. The molecule has 0 bridgehead atoms. The average Bonchev–Trinajstić information content (AvgIpc) is 2.53. The monoisotopic (exact) mass is 298 g/mol. The summed E-state index contributed by atoms with van der Waals surface area (Å²) in [5.41, 5.74) is 9.33. The van der Waals surface area contributed by atoms with Crippen molar-refractivity contribution in [3.63, 3.8) is 0 Å². The van der Waals surface area contributed by atoms with E-state index < -0.39 is 0 Å². The fourth-order valence-corrected chi connectivity index (χ4v) is 2.47. The largest absolute Gasteiger partial charge is 0.491 e. The van der Waals surface area contributed by atoms with Crippen molar-refractivity contribution in [2.45, 2.75) is 40.0 Å². The summed E-state index contributed by atoms with van der Waals surface area (Å²) in [5, 5.41) is 0. The summed E-state index contributed by atoms with van der Waals surface area (Å²) in [7, 11) is 0. The molecule has 0 aliphatic rings. The van der Waals surface area contributed by atoms with Crippen LogP contribution in [0.25, 0.3) is 0 Å². The zero-order valence-electron chi connectivity index (χ0n) is 13.8. The van der Waals surface area contributed by atoms with Gasteiger partial charge in [-0.15, -0.1) is 0 Å². The summed E-state index contributed by atoms with van der Waals surface area (Å²) in [6.45, 7) is 8.57. The number of hydrogen-bond acceptors (Lipinski definition) is 3. The van der Waals surface area contributed by atoms with Crippen LogP contribution < -0.4 is 15.4 Å². The molecule has 0 heterocycles. The molecule has 0 aliphatic heterocycles. The highest BCUT2D eigenvalue weighted by Gasteiger charge is 2.09. The van der Waals surface area contributed by atoms with Crippen LogP contribution in [-0.2, 0) is 13.1 Å². The van der Waals surface area contributed by atoms with E-state index in [1.165, 1.54) is 11.3 Å². The molecular weight excluding hydrogens is 272 g/mol. The lowest BCUT2D eigenvalue weighted by Crippen LogP contribution is -2.22. The Balaban J connectivity index is 2.21. The number of benzene rings is 2. The Morgan fingerprint density at radius 1 is 1.09 bits per heavy atom. The molecule has 2 N–H and O–H groups in total. The maximum absolute atomic E-state index is 5.90. The molecule has 0 radical (unpaired) electrons. The minimum absolute atomic E-state index is 0.150. The summed E-state index contributed by atoms with van der Waals surface area (Å²) in [6, 6.07) is 16.8. The Morgan fingerprint density at radius 2 is 1.82 bits per heavy atom. The van der Waals surface area contributed by atoms with E-state index in [4.69, 9.17) is 10.5 Å². The third kappa shape index (κ3) is 4.25. The summed E-state index contributed by atoms with van der Waals surface area (Å²) >= 11 is 0. The lowest BCUT2D eigenvalue weighted by molar-refractivity contribution is 0.240. The highest BCUT2D eigenvalue weighted by atomic mass is 16.5. The van der Waals surface area contributed by atoms with Gasteiger partial charge in [0.15, 0.2) is 0 Å². The van der Waals surface area contributed by atoms with E-state index in [1.807, 2.05) is 19.9 Å². The van der Waals surface area contributed by atoms with E-state index in [1.54, 1.807) is 0 Å². The minimum Gasteiger partial charge on any atom is -0.491 e. The minimum atomic E-state index is 0.150. The second-order valence-corrected chi connectivity index (χ2v) is 5.66. The molecule has 0 atom stereocenters. The summed E-state index contributed by atoms with van der Waals surface area (Å²) < 4.78 is 5.90. The van der Waals surface area contributed by atoms with E-state index >= 15 is 0 Å². The molecule has 0 saturated heterocycles. The third-order valence-electron chi connectivity index (χ3n) is 3.59. The molecule has 0 unspecified atom stereocenters. The zero-order chi connectivity index (χ0) is 15.9. The molecule has 0 saturated carbocycles. The number of nitrogens with two attached hydrogens (primary N) is 1. The summed E-state index contributed by atoms with van der Waals surface area (Å²) in [5.74, 6) is 0.902. The highest BCUT2D eigenvalue weighted by molar-refractivity contribution is 5.47. The van der Waals surface area contributed by atoms with Crippen molar-refractivity contribution in [2.75, 3.05) is 11.4 Å². The predicted octanol–water partition coefficient (Wildman–Crippen LogP) is 3.96. The molecule has 0 amide bonds. The van der Waals surface area contributed by atoms with Gasteiger partial charge in [0.25, 0.3) is 0 Å². The van der Waals surface area contributed by atoms with E-state index in [0.717, 1.165) is 24.4 Å². The van der Waals surface area contributed by atoms with Gasteiger partial charge >= 0.3 is 0 Å². The SMILES string of the molecule is CCN(Cc1ccc(CN)c(OC(C)C)c1)c1ccccc1. The lowest BCUT2D eigenvalue weighted by atomic mass is 10.1. The second-order valence-electron chi connectivity index (χ2n) is 5.66. The Labute approximate surface area is 133 Å². The molecule has 0 spiro atoms. The molecule has 0 aromatic heterocycles. The van der Waals surface area contributed by atoms with E-state index in [2.05, 4.69) is 54.3 Å². The number of rotatable bonds is 7. The maximum Gasteiger partial charge on any atom is 0.124 e. The van der Waals surface area contributed by atoms with Crippen molar-refractivity contribution >= 4 is 5.69 Å². The Hall–Kier alpha value is -2.00. The van der Waals surface area contributed by atoms with Gasteiger partial charge in [0.2, 0.25) is 0 Å². The van der Waals surface area contributed by atoms with Crippen molar-refractivity contribution in [1.29, 1.82) is 0 Å². The van der Waals surface area contributed by atoms with Crippen LogP contribution in [-0.4, -0.2) is 12.6 Å². The molecular formula is C19H26N2O. The van der Waals surface area contributed by atoms with Gasteiger partial charge in [0, 0.05) is 30.9 Å². The fraction of sp³-hybridized carbons (Fsp3) is 0.368. The Bertz CT molecular complexity index is 581. The van der Waals surface area contributed by atoms with Crippen LogP contribution in [0.5, 0.6) is 5.75 Å². The maximum atomic E-state index is 5.90. The second kappa shape index (κ2) is 7.85. The topological polar surface area (TPSA) is 38.5 Å². The van der Waals surface area contributed by atoms with Crippen molar-refractivity contribution < 1.29 is 4.74 Å². The lowest BCUT2D eigenvalue weighted by Gasteiger charge is -2.24. The Kier molecular flexibility index (Phi) is 5.84. The number of hydrogen-bond donors (Lipinski definition) is 1. The molecule has 2 rings (SSSR count). The number of para-hydroxylation sites is 1. The first-order valence-electron chi connectivity index (χ1n) is 7.92. The van der Waals surface area contributed by atoms with Gasteiger partial charge in [0.1, 0.15) is 5.75 Å². The first-order valence-corrected chi connectivity index (χ1v) is 7.92. The Morgan fingerprint density at radius 3 is 2.41 bits per heavy atom. The summed E-state index contributed by atoms with van der Waals surface area (Å²) in [4.78, 5) is 2.34. The molecule has 3 heteroatoms. The van der Waals surface area contributed by atoms with Crippen LogP contribution in [0, 0.1) is 0 Å². The highest BCUT2D eigenvalue weighted by Crippen LogP contribution is 2.24. The molecule has 0 aliphatic carbocycles. The smallest absolute Gasteiger partial charge is 0.124 e. The van der Waals surface area contributed by atoms with Crippen LogP contribution in [0.3, 0.4) is 0 Å². The van der Waals surface area contributed by atoms with Gasteiger partial charge < -0.3 is 15.4 Å². The molecule has 2 aromatic carbocycles. The van der Waals surface area contributed by atoms with Crippen LogP contribution >= 0.6 is 0 Å². The van der Waals surface area contributed by atoms with E-state index in [0.29, 0.717) is 6.54 Å². The quantitative estimate of drug-likeness (QED) is 0.841. The van der Waals surface area contributed by atoms with Crippen LogP contribution in [0.2, 0.25) is 0 Å². The number of nitrogens with zero attached hydrogens (tertiary/aromatic N) is 1. The third-order valence-corrected chi connectivity index (χ3v) is 3.59. The van der Waals surface area contributed by atoms with Crippen LogP contribution in [0.15, 0.2) is 48.5 Å². The molecule has 2 aromatic rings. The van der Waals surface area contributed by atoms with Gasteiger partial charge in [-0.25, -0.2) is 0 Å². The van der Waals surface area contributed by atoms with Gasteiger partial charge in [-0.3, -0.25) is 0 Å². The van der Waals surface area contributed by atoms with Gasteiger partial charge in [-0.05, 0) is 44.5 Å². The first kappa shape index (κ1) is 16.4. The first-order chi connectivity index (χ1) is 10.6. The molecule has 0 fully saturated rings. The van der Waals surface area contributed by atoms with Crippen molar-refractivity contribution in [3.8, 4) is 5.75 Å². The van der Waals surface area contributed by atoms with E-state index in [-0.39, 0.29) is 6.10 Å². The average molecular weight is 298 g/mol. The van der Waals surface area contributed by atoms with Crippen molar-refractivity contribution in [2.24, 2.45) is 5.73 Å². The number of anilines is 1. The molecule has 22 heavy (non-hydrogen) atoms.